The van der Waals surface area contributed by atoms with Crippen LogP contribution in [0.3, 0.4) is 0 Å². The summed E-state index contributed by atoms with van der Waals surface area (Å²) in [4.78, 5) is 34.9. The van der Waals surface area contributed by atoms with E-state index in [0.717, 1.165) is 16.6 Å². The fourth-order valence-electron chi connectivity index (χ4n) is 4.38. The number of piperidine rings is 1. The van der Waals surface area contributed by atoms with Crippen LogP contribution in [0.1, 0.15) is 30.7 Å². The summed E-state index contributed by atoms with van der Waals surface area (Å²) in [5.74, 6) is 0.108. The minimum absolute atomic E-state index is 0.0198. The summed E-state index contributed by atoms with van der Waals surface area (Å²) in [6.45, 7) is 6.64. The van der Waals surface area contributed by atoms with Gasteiger partial charge in [0.1, 0.15) is 16.3 Å². The molecule has 33 heavy (non-hydrogen) atoms. The molecule has 3 aromatic heterocycles. The van der Waals surface area contributed by atoms with Gasteiger partial charge in [-0.25, -0.2) is 13.4 Å². The van der Waals surface area contributed by atoms with E-state index >= 15 is 0 Å². The van der Waals surface area contributed by atoms with Crippen molar-refractivity contribution < 1.29 is 13.2 Å². The number of sulfonamides is 1. The standard InChI is InChI=1S/C22H27N5O4S2/c1-14-7-15(2)11-27(10-14)33(30,31)20-16(3)32-21-19(20)22(29)26(13-25-21)12-18(28)24-9-17-5-4-6-23-8-17/h4-6,8,13-15H,7,9-12H2,1-3H3,(H,24,28)/t14-,15+. The van der Waals surface area contributed by atoms with Crippen LogP contribution in [0.5, 0.6) is 0 Å². The predicted octanol–water partition coefficient (Wildman–Crippen LogP) is 2.14. The van der Waals surface area contributed by atoms with Gasteiger partial charge in [0.25, 0.3) is 5.56 Å². The summed E-state index contributed by atoms with van der Waals surface area (Å²) in [5, 5.41) is 2.80. The van der Waals surface area contributed by atoms with Crippen LogP contribution in [0.2, 0.25) is 0 Å². The molecule has 0 aromatic carbocycles. The SMILES string of the molecule is Cc1sc2ncn(CC(=O)NCc3cccnc3)c(=O)c2c1S(=O)(=O)N1C[C@H](C)C[C@H](C)C1. The number of aromatic nitrogens is 3. The van der Waals surface area contributed by atoms with Gasteiger partial charge in [-0.1, -0.05) is 19.9 Å². The zero-order valence-corrected chi connectivity index (χ0v) is 20.4. The van der Waals surface area contributed by atoms with E-state index in [0.29, 0.717) is 22.8 Å². The molecule has 3 aromatic rings. The Morgan fingerprint density at radius 3 is 2.67 bits per heavy atom. The van der Waals surface area contributed by atoms with Crippen LogP contribution < -0.4 is 10.9 Å². The second kappa shape index (κ2) is 9.32. The number of carbonyl (C=O) groups is 1. The Labute approximate surface area is 196 Å². The summed E-state index contributed by atoms with van der Waals surface area (Å²) < 4.78 is 29.8. The zero-order valence-electron chi connectivity index (χ0n) is 18.8. The highest BCUT2D eigenvalue weighted by Gasteiger charge is 2.35. The molecule has 1 aliphatic rings. The molecule has 1 N–H and O–H groups in total. The van der Waals surface area contributed by atoms with E-state index in [1.807, 2.05) is 19.9 Å². The van der Waals surface area contributed by atoms with E-state index in [-0.39, 0.29) is 41.1 Å². The number of amides is 1. The van der Waals surface area contributed by atoms with Crippen molar-refractivity contribution in [1.82, 2.24) is 24.2 Å². The van der Waals surface area contributed by atoms with Gasteiger partial charge in [-0.2, -0.15) is 4.31 Å². The summed E-state index contributed by atoms with van der Waals surface area (Å²) in [5.41, 5.74) is 0.302. The molecule has 1 fully saturated rings. The highest BCUT2D eigenvalue weighted by atomic mass is 32.2. The fraction of sp³-hybridized carbons (Fsp3) is 0.455. The predicted molar refractivity (Wildman–Crippen MR) is 126 cm³/mol. The van der Waals surface area contributed by atoms with Gasteiger partial charge in [-0.15, -0.1) is 11.3 Å². The molecule has 1 saturated heterocycles. The third-order valence-electron chi connectivity index (χ3n) is 5.76. The van der Waals surface area contributed by atoms with E-state index in [2.05, 4.69) is 15.3 Å². The van der Waals surface area contributed by atoms with Gasteiger partial charge in [0, 0.05) is 36.9 Å². The Balaban J connectivity index is 1.64. The third-order valence-corrected chi connectivity index (χ3v) is 8.91. The van der Waals surface area contributed by atoms with Gasteiger partial charge in [0.2, 0.25) is 15.9 Å². The smallest absolute Gasteiger partial charge is 0.263 e. The van der Waals surface area contributed by atoms with Crippen molar-refractivity contribution in [2.24, 2.45) is 11.8 Å². The van der Waals surface area contributed by atoms with E-state index in [9.17, 15) is 18.0 Å². The van der Waals surface area contributed by atoms with Crippen molar-refractivity contribution in [3.63, 3.8) is 0 Å². The van der Waals surface area contributed by atoms with E-state index in [1.165, 1.54) is 22.0 Å². The number of thiophene rings is 1. The maximum atomic E-state index is 13.6. The molecule has 9 nitrogen and oxygen atoms in total. The van der Waals surface area contributed by atoms with Crippen LogP contribution in [0.25, 0.3) is 10.2 Å². The summed E-state index contributed by atoms with van der Waals surface area (Å²) in [7, 11) is -3.87. The Hall–Kier alpha value is -2.63. The van der Waals surface area contributed by atoms with Crippen molar-refractivity contribution in [3.8, 4) is 0 Å². The molecule has 0 saturated carbocycles. The Morgan fingerprint density at radius 1 is 1.27 bits per heavy atom. The van der Waals surface area contributed by atoms with Gasteiger partial charge in [0.05, 0.1) is 11.7 Å². The maximum absolute atomic E-state index is 13.6. The van der Waals surface area contributed by atoms with Crippen molar-refractivity contribution >= 4 is 37.5 Å². The van der Waals surface area contributed by atoms with Gasteiger partial charge < -0.3 is 5.32 Å². The molecule has 11 heteroatoms. The molecule has 0 radical (unpaired) electrons. The number of hydrogen-bond donors (Lipinski definition) is 1. The number of carbonyl (C=O) groups excluding carboxylic acids is 1. The summed E-state index contributed by atoms with van der Waals surface area (Å²) >= 11 is 1.18. The molecule has 1 aliphatic heterocycles. The Kier molecular flexibility index (Phi) is 6.64. The quantitative estimate of drug-likeness (QED) is 0.567. The van der Waals surface area contributed by atoms with E-state index in [4.69, 9.17) is 0 Å². The lowest BCUT2D eigenvalue weighted by molar-refractivity contribution is -0.121. The average Bonchev–Trinajstić information content (AvgIpc) is 3.12. The number of aryl methyl sites for hydroxylation is 1. The molecular formula is C22H27N5O4S2. The highest BCUT2D eigenvalue weighted by molar-refractivity contribution is 7.89. The van der Waals surface area contributed by atoms with Crippen molar-refractivity contribution in [2.45, 2.75) is 45.2 Å². The van der Waals surface area contributed by atoms with Crippen LogP contribution in [-0.2, 0) is 27.9 Å². The first-order valence-electron chi connectivity index (χ1n) is 10.8. The van der Waals surface area contributed by atoms with Gasteiger partial charge in [0.15, 0.2) is 0 Å². The molecule has 0 spiro atoms. The average molecular weight is 490 g/mol. The lowest BCUT2D eigenvalue weighted by Gasteiger charge is -2.34. The second-order valence-corrected chi connectivity index (χ2v) is 11.8. The largest absolute Gasteiger partial charge is 0.350 e. The van der Waals surface area contributed by atoms with Gasteiger partial charge >= 0.3 is 0 Å². The molecule has 0 unspecified atom stereocenters. The summed E-state index contributed by atoms with van der Waals surface area (Å²) in [6.07, 6.45) is 5.56. The number of rotatable bonds is 6. The number of hydrogen-bond acceptors (Lipinski definition) is 7. The molecule has 4 rings (SSSR count). The van der Waals surface area contributed by atoms with Crippen LogP contribution in [0.4, 0.5) is 0 Å². The normalized spacial score (nSPS) is 19.6. The van der Waals surface area contributed by atoms with Crippen molar-refractivity contribution in [1.29, 1.82) is 0 Å². The molecule has 0 bridgehead atoms. The minimum atomic E-state index is -3.87. The lowest BCUT2D eigenvalue weighted by Crippen LogP contribution is -2.43. The first-order chi connectivity index (χ1) is 15.7. The number of nitrogens with zero attached hydrogens (tertiary/aromatic N) is 4. The topological polar surface area (TPSA) is 114 Å². The number of pyridine rings is 1. The molecule has 1 amide bonds. The van der Waals surface area contributed by atoms with Crippen LogP contribution >= 0.6 is 11.3 Å². The monoisotopic (exact) mass is 489 g/mol. The van der Waals surface area contributed by atoms with Gasteiger partial charge in [-0.05, 0) is 36.8 Å². The van der Waals surface area contributed by atoms with E-state index in [1.54, 1.807) is 25.4 Å². The molecule has 0 aliphatic carbocycles. The third kappa shape index (κ3) is 4.85. The summed E-state index contributed by atoms with van der Waals surface area (Å²) in [6, 6.07) is 3.61. The van der Waals surface area contributed by atoms with Gasteiger partial charge in [-0.3, -0.25) is 19.1 Å². The molecular weight excluding hydrogens is 462 g/mol. The zero-order chi connectivity index (χ0) is 23.8. The second-order valence-electron chi connectivity index (χ2n) is 8.75. The van der Waals surface area contributed by atoms with Crippen LogP contribution in [0.15, 0.2) is 40.5 Å². The molecule has 4 heterocycles. The Morgan fingerprint density at radius 2 is 2.00 bits per heavy atom. The van der Waals surface area contributed by atoms with Crippen LogP contribution in [0, 0.1) is 18.8 Å². The fourth-order valence-corrected chi connectivity index (χ4v) is 7.73. The molecule has 2 atom stereocenters. The highest BCUT2D eigenvalue weighted by Crippen LogP contribution is 2.35. The number of fused-ring (bicyclic) bond motifs is 1. The lowest BCUT2D eigenvalue weighted by atomic mass is 9.94. The molecule has 176 valence electrons. The first-order valence-corrected chi connectivity index (χ1v) is 13.1. The van der Waals surface area contributed by atoms with Crippen molar-refractivity contribution in [3.05, 3.63) is 51.6 Å². The Bertz CT molecular complexity index is 1320. The van der Waals surface area contributed by atoms with Crippen LogP contribution in [-0.4, -0.2) is 46.3 Å². The minimum Gasteiger partial charge on any atom is -0.350 e. The first kappa shape index (κ1) is 23.5. The number of nitrogens with one attached hydrogen (secondary N) is 1. The van der Waals surface area contributed by atoms with Crippen molar-refractivity contribution in [2.75, 3.05) is 13.1 Å². The van der Waals surface area contributed by atoms with E-state index < -0.39 is 15.6 Å². The maximum Gasteiger partial charge on any atom is 0.263 e.